The third-order valence-electron chi connectivity index (χ3n) is 1.83. The number of primary amides is 1. The molecular formula is C9H11FN2O2. The van der Waals surface area contributed by atoms with Gasteiger partial charge in [0, 0.05) is 4.53 Å². The maximum absolute atomic E-state index is 11.6. The Morgan fingerprint density at radius 3 is 2.43 bits per heavy atom. The van der Waals surface area contributed by atoms with Crippen LogP contribution in [0.25, 0.3) is 0 Å². The summed E-state index contributed by atoms with van der Waals surface area (Å²) in [6.07, 6.45) is 0.335. The van der Waals surface area contributed by atoms with Crippen molar-refractivity contribution in [1.29, 1.82) is 0 Å². The number of carbonyl (C=O) groups excluding carboxylic acids is 1. The lowest BCUT2D eigenvalue weighted by atomic mass is 10.1. The Labute approximate surface area is 80.5 Å². The zero-order valence-corrected chi connectivity index (χ0v) is 7.44. The second-order valence-electron chi connectivity index (χ2n) is 2.93. The van der Waals surface area contributed by atoms with Gasteiger partial charge in [-0.3, -0.25) is 9.74 Å². The predicted octanol–water partition coefficient (Wildman–Crippen LogP) is 0.305. The zero-order valence-electron chi connectivity index (χ0n) is 7.44. The van der Waals surface area contributed by atoms with Crippen molar-refractivity contribution in [3.8, 4) is 5.75 Å². The lowest BCUT2D eigenvalue weighted by Gasteiger charge is -2.06. The fourth-order valence-electron chi connectivity index (χ4n) is 1.03. The number of rotatable bonds is 4. The van der Waals surface area contributed by atoms with Crippen LogP contribution in [0, 0.1) is 0 Å². The van der Waals surface area contributed by atoms with Gasteiger partial charge in [-0.05, 0) is 24.1 Å². The highest BCUT2D eigenvalue weighted by Crippen LogP contribution is 2.13. The van der Waals surface area contributed by atoms with Gasteiger partial charge in [-0.2, -0.15) is 0 Å². The molecule has 1 atom stereocenters. The summed E-state index contributed by atoms with van der Waals surface area (Å²) in [6, 6.07) is 5.42. The Hall–Kier alpha value is -1.62. The maximum atomic E-state index is 11.6. The molecule has 1 rings (SSSR count). The van der Waals surface area contributed by atoms with Crippen molar-refractivity contribution in [3.05, 3.63) is 29.8 Å². The number of carbonyl (C=O) groups is 1. The van der Waals surface area contributed by atoms with Crippen LogP contribution in [0.3, 0.4) is 0 Å². The number of benzene rings is 1. The lowest BCUT2D eigenvalue weighted by Crippen LogP contribution is -2.38. The van der Waals surface area contributed by atoms with Crippen LogP contribution in [0.15, 0.2) is 24.3 Å². The van der Waals surface area contributed by atoms with Crippen LogP contribution >= 0.6 is 0 Å². The van der Waals surface area contributed by atoms with Gasteiger partial charge in [-0.25, -0.2) is 0 Å². The average Bonchev–Trinajstić information content (AvgIpc) is 2.19. The van der Waals surface area contributed by atoms with Crippen molar-refractivity contribution in [3.63, 3.8) is 0 Å². The van der Waals surface area contributed by atoms with E-state index in [9.17, 15) is 9.32 Å². The molecule has 0 saturated heterocycles. The van der Waals surface area contributed by atoms with E-state index in [1.54, 1.807) is 12.1 Å². The van der Waals surface area contributed by atoms with Gasteiger partial charge in [-0.15, -0.1) is 0 Å². The highest BCUT2D eigenvalue weighted by molar-refractivity contribution is 5.79. The zero-order chi connectivity index (χ0) is 10.6. The minimum atomic E-state index is -0.716. The van der Waals surface area contributed by atoms with Gasteiger partial charge < -0.3 is 11.5 Å². The van der Waals surface area contributed by atoms with E-state index in [1.807, 2.05) is 0 Å². The van der Waals surface area contributed by atoms with Crippen molar-refractivity contribution in [1.82, 2.24) is 0 Å². The van der Waals surface area contributed by atoms with Crippen LogP contribution in [-0.4, -0.2) is 11.9 Å². The van der Waals surface area contributed by atoms with Crippen LogP contribution in [0.1, 0.15) is 5.56 Å². The summed E-state index contributed by atoms with van der Waals surface area (Å²) >= 11 is 0. The summed E-state index contributed by atoms with van der Waals surface area (Å²) < 4.78 is 11.6. The molecule has 4 N–H and O–H groups in total. The molecular weight excluding hydrogens is 187 g/mol. The molecule has 1 aromatic rings. The first-order chi connectivity index (χ1) is 6.63. The molecule has 0 fully saturated rings. The van der Waals surface area contributed by atoms with E-state index < -0.39 is 11.9 Å². The molecule has 0 aliphatic heterocycles. The van der Waals surface area contributed by atoms with Crippen molar-refractivity contribution in [2.24, 2.45) is 11.5 Å². The predicted molar refractivity (Wildman–Crippen MR) is 49.1 cm³/mol. The highest BCUT2D eigenvalue weighted by Gasteiger charge is 2.09. The van der Waals surface area contributed by atoms with Crippen LogP contribution in [0.4, 0.5) is 4.53 Å². The van der Waals surface area contributed by atoms with Gasteiger partial charge in [0.15, 0.2) is 5.75 Å². The number of hydrogen-bond donors (Lipinski definition) is 2. The molecule has 1 aromatic carbocycles. The molecule has 4 nitrogen and oxygen atoms in total. The first kappa shape index (κ1) is 10.5. The van der Waals surface area contributed by atoms with E-state index in [4.69, 9.17) is 11.5 Å². The first-order valence-electron chi connectivity index (χ1n) is 4.06. The SMILES string of the molecule is NC(=O)C(N)Cc1ccc(OF)cc1. The summed E-state index contributed by atoms with van der Waals surface area (Å²) in [6.45, 7) is 0. The quantitative estimate of drug-likeness (QED) is 0.730. The van der Waals surface area contributed by atoms with E-state index in [1.165, 1.54) is 12.1 Å². The standard InChI is InChI=1S/C9H11FN2O2/c10-14-7-3-1-6(2-4-7)5-8(11)9(12)13/h1-4,8H,5,11H2,(H2,12,13). The topological polar surface area (TPSA) is 78.3 Å². The molecule has 76 valence electrons. The van der Waals surface area contributed by atoms with Crippen LogP contribution in [0.5, 0.6) is 5.75 Å². The van der Waals surface area contributed by atoms with Crippen LogP contribution in [0.2, 0.25) is 0 Å². The van der Waals surface area contributed by atoms with E-state index in [0.717, 1.165) is 5.56 Å². The van der Waals surface area contributed by atoms with Gasteiger partial charge in [0.1, 0.15) is 0 Å². The van der Waals surface area contributed by atoms with Crippen molar-refractivity contribution in [2.45, 2.75) is 12.5 Å². The smallest absolute Gasteiger partial charge is 0.234 e. The number of amides is 1. The molecule has 0 aromatic heterocycles. The summed E-state index contributed by atoms with van der Waals surface area (Å²) in [7, 11) is 0. The van der Waals surface area contributed by atoms with Crippen LogP contribution < -0.4 is 16.4 Å². The minimum absolute atomic E-state index is 0.112. The molecule has 0 bridgehead atoms. The Balaban J connectivity index is 2.64. The fraction of sp³-hybridized carbons (Fsp3) is 0.222. The Morgan fingerprint density at radius 2 is 2.00 bits per heavy atom. The second-order valence-corrected chi connectivity index (χ2v) is 2.93. The van der Waals surface area contributed by atoms with E-state index >= 15 is 0 Å². The fourth-order valence-corrected chi connectivity index (χ4v) is 1.03. The number of halogens is 1. The van der Waals surface area contributed by atoms with Gasteiger partial charge in [0.25, 0.3) is 0 Å². The summed E-state index contributed by atoms with van der Waals surface area (Å²) in [5, 5.41) is 0. The maximum Gasteiger partial charge on any atom is 0.234 e. The average molecular weight is 198 g/mol. The molecule has 1 unspecified atom stereocenters. The molecule has 0 radical (unpaired) electrons. The van der Waals surface area contributed by atoms with Gasteiger partial charge in [0.05, 0.1) is 6.04 Å². The van der Waals surface area contributed by atoms with Crippen molar-refractivity contribution in [2.75, 3.05) is 0 Å². The molecule has 0 aliphatic carbocycles. The Morgan fingerprint density at radius 1 is 1.43 bits per heavy atom. The van der Waals surface area contributed by atoms with Gasteiger partial charge in [0.2, 0.25) is 5.91 Å². The first-order valence-corrected chi connectivity index (χ1v) is 4.06. The second kappa shape index (κ2) is 4.57. The molecule has 0 aliphatic rings. The Kier molecular flexibility index (Phi) is 3.41. The van der Waals surface area contributed by atoms with E-state index in [-0.39, 0.29) is 5.75 Å². The largest absolute Gasteiger partial charge is 0.368 e. The summed E-state index contributed by atoms with van der Waals surface area (Å²) in [5.74, 6) is -0.447. The monoisotopic (exact) mass is 198 g/mol. The van der Waals surface area contributed by atoms with Crippen molar-refractivity contribution >= 4 is 5.91 Å². The third kappa shape index (κ3) is 2.70. The molecule has 0 heterocycles. The summed E-state index contributed by atoms with van der Waals surface area (Å²) in [4.78, 5) is 14.1. The molecule has 14 heavy (non-hydrogen) atoms. The third-order valence-corrected chi connectivity index (χ3v) is 1.83. The molecule has 0 spiro atoms. The van der Waals surface area contributed by atoms with Gasteiger partial charge >= 0.3 is 0 Å². The lowest BCUT2D eigenvalue weighted by molar-refractivity contribution is -0.119. The molecule has 1 amide bonds. The van der Waals surface area contributed by atoms with E-state index in [0.29, 0.717) is 6.42 Å². The summed E-state index contributed by atoms with van der Waals surface area (Å²) in [5.41, 5.74) is 11.2. The Bertz CT molecular complexity index is 313. The normalized spacial score (nSPS) is 12.1. The van der Waals surface area contributed by atoms with Crippen molar-refractivity contribution < 1.29 is 14.3 Å². The number of hydrogen-bond acceptors (Lipinski definition) is 3. The molecule has 0 saturated carbocycles. The van der Waals surface area contributed by atoms with Gasteiger partial charge in [-0.1, -0.05) is 12.1 Å². The highest BCUT2D eigenvalue weighted by atomic mass is 19.3. The minimum Gasteiger partial charge on any atom is -0.368 e. The number of nitrogens with two attached hydrogens (primary N) is 2. The molecule has 5 heteroatoms. The van der Waals surface area contributed by atoms with E-state index in [2.05, 4.69) is 4.94 Å². The van der Waals surface area contributed by atoms with Crippen LogP contribution in [-0.2, 0) is 11.2 Å².